The molecule has 2 aliphatic rings. The van der Waals surface area contributed by atoms with Gasteiger partial charge in [-0.15, -0.1) is 0 Å². The number of ether oxygens (including phenoxy) is 2. The van der Waals surface area contributed by atoms with Gasteiger partial charge in [-0.3, -0.25) is 9.59 Å². The van der Waals surface area contributed by atoms with E-state index in [1.807, 2.05) is 50.2 Å². The van der Waals surface area contributed by atoms with Crippen LogP contribution in [0.25, 0.3) is 11.0 Å². The first-order chi connectivity index (χ1) is 15.0. The van der Waals surface area contributed by atoms with Gasteiger partial charge in [0, 0.05) is 13.2 Å². The summed E-state index contributed by atoms with van der Waals surface area (Å²) in [6, 6.07) is 10.7. The Balaban J connectivity index is 1.70. The lowest BCUT2D eigenvalue weighted by molar-refractivity contribution is 0.0486. The highest BCUT2D eigenvalue weighted by Gasteiger charge is 2.43. The maximum atomic E-state index is 13.6. The highest BCUT2D eigenvalue weighted by Crippen LogP contribution is 2.39. The Morgan fingerprint density at radius 2 is 1.84 bits per heavy atom. The van der Waals surface area contributed by atoms with Gasteiger partial charge in [0.25, 0.3) is 5.91 Å². The lowest BCUT2D eigenvalue weighted by Crippen LogP contribution is -2.36. The molecule has 0 unspecified atom stereocenters. The zero-order valence-electron chi connectivity index (χ0n) is 17.9. The molecule has 1 aromatic heterocycles. The van der Waals surface area contributed by atoms with Gasteiger partial charge in [0.1, 0.15) is 11.3 Å². The van der Waals surface area contributed by atoms with Crippen molar-refractivity contribution in [2.75, 3.05) is 20.3 Å². The van der Waals surface area contributed by atoms with Crippen LogP contribution in [0.3, 0.4) is 0 Å². The van der Waals surface area contributed by atoms with E-state index in [0.29, 0.717) is 29.7 Å². The van der Waals surface area contributed by atoms with Crippen molar-refractivity contribution in [2.24, 2.45) is 0 Å². The number of hydrogen-bond acceptors (Lipinski definition) is 5. The molecule has 5 rings (SSSR count). The van der Waals surface area contributed by atoms with Gasteiger partial charge in [0.15, 0.2) is 5.43 Å². The van der Waals surface area contributed by atoms with E-state index in [2.05, 4.69) is 0 Å². The number of hydrogen-bond donors (Lipinski definition) is 0. The summed E-state index contributed by atoms with van der Waals surface area (Å²) in [6.45, 7) is 5.06. The number of carbonyl (C=O) groups excluding carboxylic acids is 1. The Bertz CT molecular complexity index is 1220. The fraction of sp³-hybridized carbons (Fsp3) is 0.360. The summed E-state index contributed by atoms with van der Waals surface area (Å²) in [5, 5.41) is 0.507. The van der Waals surface area contributed by atoms with Gasteiger partial charge in [-0.2, -0.15) is 0 Å². The van der Waals surface area contributed by atoms with Crippen molar-refractivity contribution in [3.05, 3.63) is 74.6 Å². The summed E-state index contributed by atoms with van der Waals surface area (Å²) in [5.41, 5.74) is 3.59. The summed E-state index contributed by atoms with van der Waals surface area (Å²) in [4.78, 5) is 28.8. The predicted molar refractivity (Wildman–Crippen MR) is 117 cm³/mol. The molecule has 1 amide bonds. The number of amides is 1. The molecular formula is C25H25NO5. The third-order valence-electron chi connectivity index (χ3n) is 6.44. The topological polar surface area (TPSA) is 69.0 Å². The summed E-state index contributed by atoms with van der Waals surface area (Å²) >= 11 is 0. The Morgan fingerprint density at radius 1 is 1.10 bits per heavy atom. The van der Waals surface area contributed by atoms with Crippen molar-refractivity contribution < 1.29 is 18.7 Å². The standard InChI is InChI=1S/C25H25NO5/c1-14-11-19-20(12-15(14)2)31-24-21(23(19)27)22(16-6-8-17(29-3)9-7-16)26(25(24)28)13-18-5-4-10-30-18/h6-9,11-12,18,22H,4-5,10,13H2,1-3H3/t18-,22+/m0/s1. The van der Waals surface area contributed by atoms with Crippen LogP contribution in [0.2, 0.25) is 0 Å². The smallest absolute Gasteiger partial charge is 0.291 e. The minimum atomic E-state index is -0.514. The maximum absolute atomic E-state index is 13.6. The van der Waals surface area contributed by atoms with Crippen LogP contribution in [-0.4, -0.2) is 37.2 Å². The van der Waals surface area contributed by atoms with Crippen LogP contribution < -0.4 is 10.2 Å². The van der Waals surface area contributed by atoms with Gasteiger partial charge in [-0.25, -0.2) is 0 Å². The number of nitrogens with zero attached hydrogens (tertiary/aromatic N) is 1. The molecule has 2 aliphatic heterocycles. The van der Waals surface area contributed by atoms with Crippen LogP contribution in [0, 0.1) is 13.8 Å². The second-order valence-electron chi connectivity index (χ2n) is 8.37. The average Bonchev–Trinajstić information content (AvgIpc) is 3.38. The first-order valence-electron chi connectivity index (χ1n) is 10.6. The Labute approximate surface area is 180 Å². The molecule has 3 heterocycles. The van der Waals surface area contributed by atoms with Gasteiger partial charge >= 0.3 is 0 Å². The zero-order valence-corrected chi connectivity index (χ0v) is 17.9. The van der Waals surface area contributed by atoms with Crippen molar-refractivity contribution in [2.45, 2.75) is 38.8 Å². The number of rotatable bonds is 4. The van der Waals surface area contributed by atoms with E-state index in [0.717, 1.165) is 35.3 Å². The SMILES string of the molecule is COc1ccc([C@@H]2c3c(oc4cc(C)c(C)cc4c3=O)C(=O)N2C[C@@H]2CCCO2)cc1. The minimum absolute atomic E-state index is 0.0342. The fourth-order valence-corrected chi connectivity index (χ4v) is 4.60. The fourth-order valence-electron chi connectivity index (χ4n) is 4.60. The molecule has 6 heteroatoms. The molecule has 1 fully saturated rings. The van der Waals surface area contributed by atoms with Crippen LogP contribution in [-0.2, 0) is 4.74 Å². The molecule has 0 bridgehead atoms. The van der Waals surface area contributed by atoms with Gasteiger partial charge in [-0.05, 0) is 67.6 Å². The Kier molecular flexibility index (Phi) is 4.82. The van der Waals surface area contributed by atoms with E-state index in [1.54, 1.807) is 12.0 Å². The molecule has 160 valence electrons. The van der Waals surface area contributed by atoms with Crippen LogP contribution in [0.15, 0.2) is 45.6 Å². The quantitative estimate of drug-likeness (QED) is 0.636. The molecule has 1 saturated heterocycles. The molecule has 2 atom stereocenters. The van der Waals surface area contributed by atoms with Crippen molar-refractivity contribution in [3.63, 3.8) is 0 Å². The molecular weight excluding hydrogens is 394 g/mol. The van der Waals surface area contributed by atoms with Gasteiger partial charge < -0.3 is 18.8 Å². The highest BCUT2D eigenvalue weighted by molar-refractivity contribution is 5.99. The van der Waals surface area contributed by atoms with Crippen LogP contribution in [0.1, 0.15) is 51.7 Å². The molecule has 0 aliphatic carbocycles. The monoisotopic (exact) mass is 419 g/mol. The molecule has 0 radical (unpaired) electrons. The second-order valence-corrected chi connectivity index (χ2v) is 8.37. The van der Waals surface area contributed by atoms with Crippen LogP contribution in [0.5, 0.6) is 5.75 Å². The third-order valence-corrected chi connectivity index (χ3v) is 6.44. The van der Waals surface area contributed by atoms with E-state index in [9.17, 15) is 9.59 Å². The summed E-state index contributed by atoms with van der Waals surface area (Å²) in [5.74, 6) is 0.596. The number of fused-ring (bicyclic) bond motifs is 2. The highest BCUT2D eigenvalue weighted by atomic mass is 16.5. The minimum Gasteiger partial charge on any atom is -0.497 e. The van der Waals surface area contributed by atoms with Crippen molar-refractivity contribution in [1.82, 2.24) is 4.90 Å². The van der Waals surface area contributed by atoms with Crippen LogP contribution in [0.4, 0.5) is 0 Å². The molecule has 2 aromatic carbocycles. The zero-order chi connectivity index (χ0) is 21.7. The normalized spacial score (nSPS) is 20.5. The molecule has 0 saturated carbocycles. The van der Waals surface area contributed by atoms with E-state index < -0.39 is 6.04 Å². The number of aryl methyl sites for hydroxylation is 2. The number of methoxy groups -OCH3 is 1. The largest absolute Gasteiger partial charge is 0.497 e. The second kappa shape index (κ2) is 7.54. The van der Waals surface area contributed by atoms with E-state index in [-0.39, 0.29) is 23.2 Å². The van der Waals surface area contributed by atoms with Gasteiger partial charge in [0.2, 0.25) is 5.76 Å². The average molecular weight is 419 g/mol. The van der Waals surface area contributed by atoms with Crippen molar-refractivity contribution in [3.8, 4) is 5.75 Å². The van der Waals surface area contributed by atoms with Crippen molar-refractivity contribution >= 4 is 16.9 Å². The van der Waals surface area contributed by atoms with E-state index in [4.69, 9.17) is 13.9 Å². The first kappa shape index (κ1) is 19.8. The molecule has 6 nitrogen and oxygen atoms in total. The lowest BCUT2D eigenvalue weighted by atomic mass is 9.97. The molecule has 0 spiro atoms. The Hall–Kier alpha value is -3.12. The van der Waals surface area contributed by atoms with E-state index >= 15 is 0 Å². The van der Waals surface area contributed by atoms with Crippen LogP contribution >= 0.6 is 0 Å². The first-order valence-corrected chi connectivity index (χ1v) is 10.6. The number of carbonyl (C=O) groups is 1. The van der Waals surface area contributed by atoms with Crippen molar-refractivity contribution in [1.29, 1.82) is 0 Å². The molecule has 3 aromatic rings. The van der Waals surface area contributed by atoms with E-state index in [1.165, 1.54) is 0 Å². The maximum Gasteiger partial charge on any atom is 0.291 e. The van der Waals surface area contributed by atoms with Gasteiger partial charge in [0.05, 0.1) is 30.2 Å². The van der Waals surface area contributed by atoms with Gasteiger partial charge in [-0.1, -0.05) is 12.1 Å². The summed E-state index contributed by atoms with van der Waals surface area (Å²) < 4.78 is 17.1. The summed E-state index contributed by atoms with van der Waals surface area (Å²) in [6.07, 6.45) is 1.84. The summed E-state index contributed by atoms with van der Waals surface area (Å²) in [7, 11) is 1.61. The third kappa shape index (κ3) is 3.22. The number of benzene rings is 2. The molecule has 0 N–H and O–H groups in total. The molecule has 31 heavy (non-hydrogen) atoms. The predicted octanol–water partition coefficient (Wildman–Crippen LogP) is 4.14. The Morgan fingerprint density at radius 3 is 2.52 bits per heavy atom. The lowest BCUT2D eigenvalue weighted by Gasteiger charge is -2.27.